The van der Waals surface area contributed by atoms with Crippen LogP contribution in [0.1, 0.15) is 27.9 Å². The van der Waals surface area contributed by atoms with Gasteiger partial charge in [0, 0.05) is 17.1 Å². The van der Waals surface area contributed by atoms with Crippen molar-refractivity contribution in [3.05, 3.63) is 75.4 Å². The van der Waals surface area contributed by atoms with Gasteiger partial charge >= 0.3 is 11.8 Å². The molecule has 2 heterocycles. The third-order valence-corrected chi connectivity index (χ3v) is 7.01. The van der Waals surface area contributed by atoms with Gasteiger partial charge in [-0.2, -0.15) is 5.10 Å². The Morgan fingerprint density at radius 2 is 1.84 bits per heavy atom. The highest BCUT2D eigenvalue weighted by atomic mass is 35.5. The molecule has 0 saturated heterocycles. The molecule has 0 saturated carbocycles. The SMILES string of the molecule is Cc1ccc(-n2nc3c(c2NC(=O)C(=O)NCc2ccccc2Cl)CS(=O)(=O)C3)c(C)c1. The average molecular weight is 473 g/mol. The van der Waals surface area contributed by atoms with Crippen LogP contribution in [-0.2, 0) is 37.5 Å². The number of carbonyl (C=O) groups excluding carboxylic acids is 2. The summed E-state index contributed by atoms with van der Waals surface area (Å²) in [6.45, 7) is 3.93. The molecule has 166 valence electrons. The lowest BCUT2D eigenvalue weighted by molar-refractivity contribution is -0.136. The molecule has 32 heavy (non-hydrogen) atoms. The third-order valence-electron chi connectivity index (χ3n) is 5.20. The normalized spacial score (nSPS) is 14.1. The topological polar surface area (TPSA) is 110 Å². The number of fused-ring (bicyclic) bond motifs is 1. The molecule has 2 aromatic carbocycles. The van der Waals surface area contributed by atoms with Gasteiger partial charge in [-0.05, 0) is 37.1 Å². The summed E-state index contributed by atoms with van der Waals surface area (Å²) in [5, 5.41) is 10.0. The number of nitrogens with one attached hydrogen (secondary N) is 2. The molecule has 1 aromatic heterocycles. The number of carbonyl (C=O) groups is 2. The van der Waals surface area contributed by atoms with Gasteiger partial charge in [-0.25, -0.2) is 13.1 Å². The van der Waals surface area contributed by atoms with Gasteiger partial charge in [0.2, 0.25) is 0 Å². The van der Waals surface area contributed by atoms with Gasteiger partial charge in [0.25, 0.3) is 0 Å². The molecule has 1 aliphatic heterocycles. The standard InChI is InChI=1S/C22H21ClN4O4S/c1-13-7-8-19(14(2)9-13)27-20(16-11-32(30,31)12-18(16)26-27)25-22(29)21(28)24-10-15-5-3-4-6-17(15)23/h3-9H,10-12H2,1-2H3,(H,24,28)(H,25,29). The Hall–Kier alpha value is -3.17. The van der Waals surface area contributed by atoms with Crippen molar-refractivity contribution in [1.29, 1.82) is 0 Å². The van der Waals surface area contributed by atoms with Gasteiger partial charge in [0.1, 0.15) is 5.82 Å². The molecule has 2 amide bonds. The van der Waals surface area contributed by atoms with Crippen LogP contribution in [0.5, 0.6) is 0 Å². The monoisotopic (exact) mass is 472 g/mol. The highest BCUT2D eigenvalue weighted by Crippen LogP contribution is 2.33. The zero-order valence-electron chi connectivity index (χ0n) is 17.5. The maximum Gasteiger partial charge on any atom is 0.314 e. The second-order valence-electron chi connectivity index (χ2n) is 7.74. The summed E-state index contributed by atoms with van der Waals surface area (Å²) in [6.07, 6.45) is 0. The summed E-state index contributed by atoms with van der Waals surface area (Å²) < 4.78 is 25.7. The van der Waals surface area contributed by atoms with Crippen molar-refractivity contribution in [2.45, 2.75) is 31.9 Å². The van der Waals surface area contributed by atoms with Crippen LogP contribution in [-0.4, -0.2) is 30.0 Å². The Labute approximate surface area is 190 Å². The van der Waals surface area contributed by atoms with E-state index >= 15 is 0 Å². The number of benzene rings is 2. The van der Waals surface area contributed by atoms with E-state index in [4.69, 9.17) is 11.6 Å². The van der Waals surface area contributed by atoms with Crippen LogP contribution in [0, 0.1) is 13.8 Å². The quantitative estimate of drug-likeness (QED) is 0.567. The van der Waals surface area contributed by atoms with Crippen molar-refractivity contribution < 1.29 is 18.0 Å². The highest BCUT2D eigenvalue weighted by molar-refractivity contribution is 7.90. The molecule has 10 heteroatoms. The van der Waals surface area contributed by atoms with Gasteiger partial charge in [-0.1, -0.05) is 47.5 Å². The molecular formula is C22H21ClN4O4S. The molecule has 0 aliphatic carbocycles. The Bertz CT molecular complexity index is 1350. The van der Waals surface area contributed by atoms with Gasteiger partial charge < -0.3 is 10.6 Å². The van der Waals surface area contributed by atoms with E-state index in [9.17, 15) is 18.0 Å². The molecule has 0 atom stereocenters. The molecule has 0 bridgehead atoms. The summed E-state index contributed by atoms with van der Waals surface area (Å²) in [6, 6.07) is 12.7. The van der Waals surface area contributed by atoms with Crippen LogP contribution in [0.4, 0.5) is 5.82 Å². The predicted molar refractivity (Wildman–Crippen MR) is 121 cm³/mol. The summed E-state index contributed by atoms with van der Waals surface area (Å²) in [5.41, 5.74) is 4.08. The molecule has 3 aromatic rings. The minimum Gasteiger partial charge on any atom is -0.344 e. The number of amides is 2. The van der Waals surface area contributed by atoms with E-state index in [2.05, 4.69) is 15.7 Å². The number of halogens is 1. The molecular weight excluding hydrogens is 452 g/mol. The van der Waals surface area contributed by atoms with E-state index in [-0.39, 0.29) is 23.9 Å². The minimum absolute atomic E-state index is 0.0781. The van der Waals surface area contributed by atoms with Crippen molar-refractivity contribution >= 4 is 39.1 Å². The fourth-order valence-electron chi connectivity index (χ4n) is 3.65. The van der Waals surface area contributed by atoms with Crippen LogP contribution >= 0.6 is 11.6 Å². The fourth-order valence-corrected chi connectivity index (χ4v) is 5.35. The number of hydrogen-bond donors (Lipinski definition) is 2. The maximum atomic E-state index is 12.7. The molecule has 1 aliphatic rings. The number of aromatic nitrogens is 2. The van der Waals surface area contributed by atoms with E-state index in [0.29, 0.717) is 27.5 Å². The molecule has 2 N–H and O–H groups in total. The second kappa shape index (κ2) is 8.40. The number of sulfone groups is 1. The van der Waals surface area contributed by atoms with Crippen molar-refractivity contribution in [2.75, 3.05) is 5.32 Å². The van der Waals surface area contributed by atoms with E-state index in [0.717, 1.165) is 11.1 Å². The first-order valence-electron chi connectivity index (χ1n) is 9.86. The van der Waals surface area contributed by atoms with Crippen molar-refractivity contribution in [3.8, 4) is 5.69 Å². The Balaban J connectivity index is 1.61. The van der Waals surface area contributed by atoms with Crippen molar-refractivity contribution in [2.24, 2.45) is 0 Å². The third kappa shape index (κ3) is 4.39. The Morgan fingerprint density at radius 1 is 1.09 bits per heavy atom. The molecule has 0 radical (unpaired) electrons. The minimum atomic E-state index is -3.35. The van der Waals surface area contributed by atoms with Crippen LogP contribution in [0.3, 0.4) is 0 Å². The van der Waals surface area contributed by atoms with Gasteiger partial charge in [0.05, 0.1) is 22.9 Å². The van der Waals surface area contributed by atoms with Crippen molar-refractivity contribution in [1.82, 2.24) is 15.1 Å². The Morgan fingerprint density at radius 3 is 2.56 bits per heavy atom. The maximum absolute atomic E-state index is 12.7. The highest BCUT2D eigenvalue weighted by Gasteiger charge is 2.34. The van der Waals surface area contributed by atoms with Crippen LogP contribution < -0.4 is 10.6 Å². The lowest BCUT2D eigenvalue weighted by Gasteiger charge is -2.13. The first kappa shape index (κ1) is 22.0. The van der Waals surface area contributed by atoms with Crippen LogP contribution in [0.15, 0.2) is 42.5 Å². The van der Waals surface area contributed by atoms with Gasteiger partial charge in [0.15, 0.2) is 9.84 Å². The summed E-state index contributed by atoms with van der Waals surface area (Å²) >= 11 is 6.09. The number of anilines is 1. The number of hydrogen-bond acceptors (Lipinski definition) is 5. The summed E-state index contributed by atoms with van der Waals surface area (Å²) in [4.78, 5) is 25.1. The average Bonchev–Trinajstić information content (AvgIpc) is 3.19. The fraction of sp³-hybridized carbons (Fsp3) is 0.227. The lowest BCUT2D eigenvalue weighted by atomic mass is 10.1. The van der Waals surface area contributed by atoms with E-state index in [1.165, 1.54) is 4.68 Å². The molecule has 4 rings (SSSR count). The smallest absolute Gasteiger partial charge is 0.314 e. The number of aryl methyl sites for hydroxylation is 2. The lowest BCUT2D eigenvalue weighted by Crippen LogP contribution is -2.35. The summed E-state index contributed by atoms with van der Waals surface area (Å²) in [7, 11) is -3.35. The van der Waals surface area contributed by atoms with Gasteiger partial charge in [-0.3, -0.25) is 9.59 Å². The molecule has 0 spiro atoms. The van der Waals surface area contributed by atoms with Crippen molar-refractivity contribution in [3.63, 3.8) is 0 Å². The summed E-state index contributed by atoms with van der Waals surface area (Å²) in [5.74, 6) is -2.06. The van der Waals surface area contributed by atoms with Gasteiger partial charge in [-0.15, -0.1) is 0 Å². The zero-order valence-corrected chi connectivity index (χ0v) is 19.0. The Kier molecular flexibility index (Phi) is 5.79. The van der Waals surface area contributed by atoms with E-state index < -0.39 is 21.7 Å². The second-order valence-corrected chi connectivity index (χ2v) is 10.2. The first-order valence-corrected chi connectivity index (χ1v) is 12.1. The van der Waals surface area contributed by atoms with Crippen LogP contribution in [0.2, 0.25) is 5.02 Å². The van der Waals surface area contributed by atoms with E-state index in [1.54, 1.807) is 24.3 Å². The van der Waals surface area contributed by atoms with Crippen LogP contribution in [0.25, 0.3) is 5.69 Å². The molecule has 8 nitrogen and oxygen atoms in total. The van der Waals surface area contributed by atoms with E-state index in [1.807, 2.05) is 32.0 Å². The number of rotatable bonds is 4. The predicted octanol–water partition coefficient (Wildman–Crippen LogP) is 2.83. The molecule has 0 unspecified atom stereocenters. The number of nitrogens with zero attached hydrogens (tertiary/aromatic N) is 2. The molecule has 0 fully saturated rings. The zero-order chi connectivity index (χ0) is 23.0. The largest absolute Gasteiger partial charge is 0.344 e. The first-order chi connectivity index (χ1) is 15.1.